The summed E-state index contributed by atoms with van der Waals surface area (Å²) in [4.78, 5) is 0. The highest BCUT2D eigenvalue weighted by molar-refractivity contribution is 6.30. The van der Waals surface area contributed by atoms with Crippen LogP contribution in [0.5, 0.6) is 0 Å². The Balaban J connectivity index is 1.87. The zero-order valence-corrected chi connectivity index (χ0v) is 10.8. The summed E-state index contributed by atoms with van der Waals surface area (Å²) >= 11 is 11.9. The number of alkyl halides is 1. The van der Waals surface area contributed by atoms with Crippen molar-refractivity contribution in [2.75, 3.05) is 5.88 Å². The van der Waals surface area contributed by atoms with E-state index in [0.29, 0.717) is 12.0 Å². The average Bonchev–Trinajstić information content (AvgIpc) is 2.74. The Morgan fingerprint density at radius 2 is 2.19 bits per heavy atom. The van der Waals surface area contributed by atoms with Crippen molar-refractivity contribution in [1.82, 2.24) is 5.32 Å². The minimum Gasteiger partial charge on any atom is -0.310 e. The van der Waals surface area contributed by atoms with Crippen molar-refractivity contribution < 1.29 is 0 Å². The number of hydrogen-bond acceptors (Lipinski definition) is 1. The molecule has 2 unspecified atom stereocenters. The van der Waals surface area contributed by atoms with E-state index < -0.39 is 0 Å². The topological polar surface area (TPSA) is 12.0 Å². The van der Waals surface area contributed by atoms with Gasteiger partial charge in [-0.1, -0.05) is 30.2 Å². The van der Waals surface area contributed by atoms with Crippen molar-refractivity contribution in [3.63, 3.8) is 0 Å². The van der Waals surface area contributed by atoms with E-state index in [1.54, 1.807) is 0 Å². The molecule has 3 heteroatoms. The van der Waals surface area contributed by atoms with Gasteiger partial charge in [0.25, 0.3) is 0 Å². The Labute approximate surface area is 107 Å². The molecule has 0 spiro atoms. The van der Waals surface area contributed by atoms with Crippen LogP contribution >= 0.6 is 23.2 Å². The number of benzene rings is 1. The molecule has 1 N–H and O–H groups in total. The van der Waals surface area contributed by atoms with Gasteiger partial charge in [0.05, 0.1) is 0 Å². The van der Waals surface area contributed by atoms with Crippen molar-refractivity contribution >= 4 is 23.2 Å². The molecule has 88 valence electrons. The number of hydrogen-bond donors (Lipinski definition) is 1. The fraction of sp³-hybridized carbons (Fsp3) is 0.538. The normalized spacial score (nSPS) is 24.9. The lowest BCUT2D eigenvalue weighted by Gasteiger charge is -2.18. The summed E-state index contributed by atoms with van der Waals surface area (Å²) in [6.07, 6.45) is 3.80. The maximum Gasteiger partial charge on any atom is 0.0409 e. The fourth-order valence-corrected chi connectivity index (χ4v) is 2.97. The van der Waals surface area contributed by atoms with Crippen LogP contribution in [0.15, 0.2) is 24.3 Å². The first-order valence-corrected chi connectivity index (χ1v) is 6.74. The molecule has 1 aromatic rings. The molecule has 1 saturated carbocycles. The SMILES string of the molecule is ClCC1CCCC1NCc1cccc(Cl)c1. The predicted molar refractivity (Wildman–Crippen MR) is 70.1 cm³/mol. The van der Waals surface area contributed by atoms with Gasteiger partial charge in [-0.15, -0.1) is 11.6 Å². The maximum absolute atomic E-state index is 5.95. The number of halogens is 2. The molecular formula is C13H17Cl2N. The number of rotatable bonds is 4. The zero-order chi connectivity index (χ0) is 11.4. The molecule has 0 heterocycles. The summed E-state index contributed by atoms with van der Waals surface area (Å²) in [7, 11) is 0. The van der Waals surface area contributed by atoms with Crippen molar-refractivity contribution in [2.45, 2.75) is 31.8 Å². The second kappa shape index (κ2) is 5.90. The highest BCUT2D eigenvalue weighted by Gasteiger charge is 2.25. The van der Waals surface area contributed by atoms with Crippen LogP contribution < -0.4 is 5.32 Å². The maximum atomic E-state index is 5.95. The van der Waals surface area contributed by atoms with Crippen LogP contribution in [0.3, 0.4) is 0 Å². The smallest absolute Gasteiger partial charge is 0.0409 e. The average molecular weight is 258 g/mol. The lowest BCUT2D eigenvalue weighted by molar-refractivity contribution is 0.429. The standard InChI is InChI=1S/C13H17Cl2N/c14-8-11-4-2-6-13(11)16-9-10-3-1-5-12(15)7-10/h1,3,5,7,11,13,16H,2,4,6,8-9H2. The molecule has 0 bridgehead atoms. The Kier molecular flexibility index (Phi) is 4.51. The van der Waals surface area contributed by atoms with E-state index in [1.807, 2.05) is 18.2 Å². The van der Waals surface area contributed by atoms with Gasteiger partial charge in [-0.2, -0.15) is 0 Å². The largest absolute Gasteiger partial charge is 0.310 e. The highest BCUT2D eigenvalue weighted by atomic mass is 35.5. The van der Waals surface area contributed by atoms with Gasteiger partial charge in [-0.05, 0) is 36.5 Å². The van der Waals surface area contributed by atoms with E-state index in [2.05, 4.69) is 11.4 Å². The van der Waals surface area contributed by atoms with E-state index in [9.17, 15) is 0 Å². The summed E-state index contributed by atoms with van der Waals surface area (Å²) < 4.78 is 0. The molecule has 0 saturated heterocycles. The third kappa shape index (κ3) is 3.13. The molecule has 2 atom stereocenters. The van der Waals surface area contributed by atoms with Crippen LogP contribution in [-0.2, 0) is 6.54 Å². The molecule has 1 aliphatic carbocycles. The summed E-state index contributed by atoms with van der Waals surface area (Å²) in [5.41, 5.74) is 1.24. The second-order valence-corrected chi connectivity index (χ2v) is 5.21. The molecule has 0 aromatic heterocycles. The molecule has 0 aliphatic heterocycles. The Morgan fingerprint density at radius 3 is 2.94 bits per heavy atom. The molecular weight excluding hydrogens is 241 g/mol. The van der Waals surface area contributed by atoms with Crippen molar-refractivity contribution in [3.05, 3.63) is 34.9 Å². The van der Waals surface area contributed by atoms with Crippen LogP contribution in [0.2, 0.25) is 5.02 Å². The van der Waals surface area contributed by atoms with Gasteiger partial charge < -0.3 is 5.32 Å². The van der Waals surface area contributed by atoms with Gasteiger partial charge in [-0.3, -0.25) is 0 Å². The van der Waals surface area contributed by atoms with Crippen LogP contribution in [0.4, 0.5) is 0 Å². The first kappa shape index (κ1) is 12.2. The molecule has 1 nitrogen and oxygen atoms in total. The van der Waals surface area contributed by atoms with Crippen LogP contribution in [-0.4, -0.2) is 11.9 Å². The Bertz CT molecular complexity index is 340. The molecule has 0 radical (unpaired) electrons. The molecule has 0 amide bonds. The van der Waals surface area contributed by atoms with Crippen LogP contribution in [0.25, 0.3) is 0 Å². The quantitative estimate of drug-likeness (QED) is 0.809. The van der Waals surface area contributed by atoms with E-state index in [-0.39, 0.29) is 0 Å². The van der Waals surface area contributed by atoms with E-state index in [1.165, 1.54) is 24.8 Å². The molecule has 1 fully saturated rings. The lowest BCUT2D eigenvalue weighted by atomic mass is 10.1. The van der Waals surface area contributed by atoms with Crippen molar-refractivity contribution in [2.24, 2.45) is 5.92 Å². The van der Waals surface area contributed by atoms with E-state index in [0.717, 1.165) is 17.4 Å². The minimum absolute atomic E-state index is 0.580. The first-order chi connectivity index (χ1) is 7.79. The Hall–Kier alpha value is -0.240. The second-order valence-electron chi connectivity index (χ2n) is 4.46. The molecule has 2 rings (SSSR count). The molecule has 1 aliphatic rings. The van der Waals surface area contributed by atoms with E-state index >= 15 is 0 Å². The third-order valence-electron chi connectivity index (χ3n) is 3.31. The predicted octanol–water partition coefficient (Wildman–Crippen LogP) is 3.84. The monoisotopic (exact) mass is 257 g/mol. The van der Waals surface area contributed by atoms with Gasteiger partial charge in [0.1, 0.15) is 0 Å². The lowest BCUT2D eigenvalue weighted by Crippen LogP contribution is -2.32. The molecule has 1 aromatic carbocycles. The Morgan fingerprint density at radius 1 is 1.31 bits per heavy atom. The summed E-state index contributed by atoms with van der Waals surface area (Å²) in [6.45, 7) is 0.888. The summed E-state index contributed by atoms with van der Waals surface area (Å²) in [5, 5.41) is 4.39. The highest BCUT2D eigenvalue weighted by Crippen LogP contribution is 2.26. The molecule has 16 heavy (non-hydrogen) atoms. The summed E-state index contributed by atoms with van der Waals surface area (Å²) in [6, 6.07) is 8.59. The van der Waals surface area contributed by atoms with Gasteiger partial charge in [0.2, 0.25) is 0 Å². The van der Waals surface area contributed by atoms with Gasteiger partial charge in [0, 0.05) is 23.5 Å². The van der Waals surface area contributed by atoms with Crippen LogP contribution in [0.1, 0.15) is 24.8 Å². The summed E-state index contributed by atoms with van der Waals surface area (Å²) in [5.74, 6) is 1.41. The minimum atomic E-state index is 0.580. The first-order valence-electron chi connectivity index (χ1n) is 5.83. The van der Waals surface area contributed by atoms with Crippen molar-refractivity contribution in [1.29, 1.82) is 0 Å². The van der Waals surface area contributed by atoms with Crippen LogP contribution in [0, 0.1) is 5.92 Å². The number of nitrogens with one attached hydrogen (secondary N) is 1. The van der Waals surface area contributed by atoms with Crippen molar-refractivity contribution in [3.8, 4) is 0 Å². The zero-order valence-electron chi connectivity index (χ0n) is 9.26. The van der Waals surface area contributed by atoms with Gasteiger partial charge in [0.15, 0.2) is 0 Å². The van der Waals surface area contributed by atoms with Gasteiger partial charge in [-0.25, -0.2) is 0 Å². The third-order valence-corrected chi connectivity index (χ3v) is 3.95. The fourth-order valence-electron chi connectivity index (χ4n) is 2.39. The van der Waals surface area contributed by atoms with E-state index in [4.69, 9.17) is 23.2 Å². The van der Waals surface area contributed by atoms with Gasteiger partial charge >= 0.3 is 0 Å².